The Labute approximate surface area is 304 Å². The van der Waals surface area contributed by atoms with Gasteiger partial charge >= 0.3 is 5.69 Å². The third-order valence-corrected chi connectivity index (χ3v) is 8.99. The summed E-state index contributed by atoms with van der Waals surface area (Å²) in [4.78, 5) is 41.1. The average Bonchev–Trinajstić information content (AvgIpc) is 3.09. The van der Waals surface area contributed by atoms with Gasteiger partial charge in [0.05, 0.1) is 53.1 Å². The van der Waals surface area contributed by atoms with Gasteiger partial charge in [0.15, 0.2) is 11.5 Å². The Hall–Kier alpha value is -7.20. The molecule has 0 aromatic heterocycles. The van der Waals surface area contributed by atoms with E-state index in [9.17, 15) is 76.4 Å². The van der Waals surface area contributed by atoms with E-state index < -0.39 is 125 Å². The number of aliphatic hydroxyl groups is 1. The molecule has 284 valence electrons. The number of rotatable bonds is 11. The van der Waals surface area contributed by atoms with Crippen LogP contribution in [0.1, 0.15) is 6.42 Å². The summed E-state index contributed by atoms with van der Waals surface area (Å²) in [7, 11) is -10.9. The number of carbonyl (C=O) groups excluding carboxylic acids is 1. The second kappa shape index (κ2) is 14.7. The number of Topliss-reactive ketones (excluding diaryl/α,β-unsaturated/α-hetero) is 1. The van der Waals surface area contributed by atoms with Crippen LogP contribution in [0.2, 0.25) is 0 Å². The lowest BCUT2D eigenvalue weighted by Crippen LogP contribution is -2.27. The number of anilines is 1. The van der Waals surface area contributed by atoms with Crippen LogP contribution in [0, 0.1) is 30.3 Å². The fourth-order valence-corrected chi connectivity index (χ4v) is 5.94. The van der Waals surface area contributed by atoms with Crippen LogP contribution in [0.25, 0.3) is 10.8 Å². The molecule has 0 aliphatic heterocycles. The standard InChI is InChI=1S/C28H19N9O16S2/c38-22-11-23(39)18(31-33-20-7-15(36(44)45)8-21(27(20)40)37(46)47)10-17(22)30-32-19-9-16(54(48,49)50)5-12-6-24(55(51,52)53)26(28(41)25(12)19)34-29-13-1-3-14(4-2-13)35(42)43/h1-10,23,32,39-41H,11H2,(H,48,49,50)(H,51,52,53)/p-2/b30-17+,33-31?,34-29?. The fraction of sp³-hybridized carbons (Fsp3) is 0.0714. The smallest absolute Gasteiger partial charge is 0.319 e. The zero-order valence-electron chi connectivity index (χ0n) is 26.6. The van der Waals surface area contributed by atoms with Crippen molar-refractivity contribution >= 4 is 82.3 Å². The van der Waals surface area contributed by atoms with Gasteiger partial charge in [-0.2, -0.15) is 15.3 Å². The molecule has 27 heteroatoms. The Bertz CT molecular complexity index is 2700. The first-order valence-electron chi connectivity index (χ1n) is 14.4. The number of hydrazone groups is 1. The van der Waals surface area contributed by atoms with Crippen molar-refractivity contribution in [2.45, 2.75) is 22.3 Å². The van der Waals surface area contributed by atoms with E-state index in [4.69, 9.17) is 0 Å². The summed E-state index contributed by atoms with van der Waals surface area (Å²) in [5, 5.41) is 82.4. The van der Waals surface area contributed by atoms with Crippen LogP contribution < -0.4 is 5.43 Å². The summed E-state index contributed by atoms with van der Waals surface area (Å²) in [6, 6.07) is 7.08. The number of ketones is 1. The van der Waals surface area contributed by atoms with Crippen LogP contribution in [-0.2, 0) is 25.0 Å². The molecule has 0 spiro atoms. The van der Waals surface area contributed by atoms with E-state index in [1.165, 1.54) is 0 Å². The van der Waals surface area contributed by atoms with Crippen LogP contribution in [0.15, 0.2) is 102 Å². The summed E-state index contributed by atoms with van der Waals surface area (Å²) >= 11 is 0. The number of carbonyl (C=O) groups is 1. The molecule has 0 radical (unpaired) electrons. The second-order valence-electron chi connectivity index (χ2n) is 10.9. The minimum Gasteiger partial charge on any atom is -0.744 e. The summed E-state index contributed by atoms with van der Waals surface area (Å²) < 4.78 is 72.7. The van der Waals surface area contributed by atoms with Crippen molar-refractivity contribution in [3.05, 3.63) is 96.7 Å². The highest BCUT2D eigenvalue weighted by Crippen LogP contribution is 2.45. The van der Waals surface area contributed by atoms with E-state index in [-0.39, 0.29) is 11.4 Å². The molecule has 0 saturated heterocycles. The number of phenolic OH excluding ortho intramolecular Hbond substituents is 2. The van der Waals surface area contributed by atoms with Crippen molar-refractivity contribution in [2.24, 2.45) is 25.6 Å². The summed E-state index contributed by atoms with van der Waals surface area (Å²) in [5.41, 5.74) is -3.67. The number of aliphatic hydroxyl groups excluding tert-OH is 1. The van der Waals surface area contributed by atoms with Gasteiger partial charge in [0.25, 0.3) is 11.4 Å². The third-order valence-electron chi connectivity index (χ3n) is 7.33. The monoisotopic (exact) mass is 799 g/mol. The largest absolute Gasteiger partial charge is 0.744 e. The number of fused-ring (bicyclic) bond motifs is 1. The number of hydrogen-bond acceptors (Lipinski definition) is 22. The van der Waals surface area contributed by atoms with Crippen molar-refractivity contribution in [3.63, 3.8) is 0 Å². The molecule has 55 heavy (non-hydrogen) atoms. The number of benzene rings is 4. The lowest BCUT2D eigenvalue weighted by Gasteiger charge is -2.18. The van der Waals surface area contributed by atoms with Gasteiger partial charge in [0.1, 0.15) is 43.4 Å². The van der Waals surface area contributed by atoms with Crippen molar-refractivity contribution in [1.29, 1.82) is 0 Å². The maximum Gasteiger partial charge on any atom is 0.319 e. The number of aromatic hydroxyl groups is 2. The molecule has 1 atom stereocenters. The van der Waals surface area contributed by atoms with Crippen LogP contribution in [-0.4, -0.2) is 73.6 Å². The number of hydrogen-bond donors (Lipinski definition) is 4. The summed E-state index contributed by atoms with van der Waals surface area (Å²) in [6.45, 7) is 0. The predicted molar refractivity (Wildman–Crippen MR) is 180 cm³/mol. The van der Waals surface area contributed by atoms with Gasteiger partial charge in [-0.15, -0.1) is 10.2 Å². The molecule has 0 amide bonds. The van der Waals surface area contributed by atoms with Gasteiger partial charge in [0, 0.05) is 24.6 Å². The van der Waals surface area contributed by atoms with Crippen LogP contribution in [0.4, 0.5) is 39.8 Å². The zero-order valence-corrected chi connectivity index (χ0v) is 28.2. The number of nitro groups is 3. The van der Waals surface area contributed by atoms with Gasteiger partial charge in [-0.3, -0.25) is 40.6 Å². The molecule has 0 heterocycles. The molecule has 4 aromatic carbocycles. The first kappa shape index (κ1) is 39.0. The molecular formula is C28H17N9O16S2-2. The quantitative estimate of drug-likeness (QED) is 0.0721. The van der Waals surface area contributed by atoms with E-state index >= 15 is 0 Å². The van der Waals surface area contributed by atoms with E-state index in [1.54, 1.807) is 0 Å². The van der Waals surface area contributed by atoms with Gasteiger partial charge in [-0.05, 0) is 41.8 Å². The number of nitrogens with zero attached hydrogens (tertiary/aromatic N) is 8. The average molecular weight is 800 g/mol. The van der Waals surface area contributed by atoms with Crippen molar-refractivity contribution in [1.82, 2.24) is 0 Å². The number of phenols is 2. The van der Waals surface area contributed by atoms with E-state index in [2.05, 4.69) is 31.0 Å². The topological polar surface area (TPSA) is 395 Å². The van der Waals surface area contributed by atoms with Gasteiger partial charge < -0.3 is 24.4 Å². The Balaban J connectivity index is 1.63. The van der Waals surface area contributed by atoms with E-state index in [1.807, 2.05) is 0 Å². The van der Waals surface area contributed by atoms with Crippen LogP contribution in [0.5, 0.6) is 11.5 Å². The Morgan fingerprint density at radius 1 is 0.764 bits per heavy atom. The second-order valence-corrected chi connectivity index (χ2v) is 13.6. The maximum atomic E-state index is 12.8. The van der Waals surface area contributed by atoms with Gasteiger partial charge in [0.2, 0.25) is 5.75 Å². The molecule has 1 aliphatic carbocycles. The normalized spacial score (nSPS) is 15.8. The maximum absolute atomic E-state index is 12.8. The Kier molecular flexibility index (Phi) is 10.4. The van der Waals surface area contributed by atoms with Crippen molar-refractivity contribution in [3.8, 4) is 11.5 Å². The Morgan fingerprint density at radius 3 is 2.00 bits per heavy atom. The first-order valence-corrected chi connectivity index (χ1v) is 17.2. The lowest BCUT2D eigenvalue weighted by molar-refractivity contribution is -0.394. The minimum atomic E-state index is -5.53. The third kappa shape index (κ3) is 8.39. The van der Waals surface area contributed by atoms with Gasteiger partial charge in [-0.25, -0.2) is 16.8 Å². The SMILES string of the molecule is O=C1CC(O)C(N=Nc2cc([N+](=O)[O-])cc([N+](=O)[O-])c2O)=C/C1=N\Nc1cc(S(=O)(=O)[O-])cc2cc(S(=O)(=O)[O-])c(N=Nc3ccc([N+](=O)[O-])cc3)c(O)c12. The molecule has 1 unspecified atom stereocenters. The van der Waals surface area contributed by atoms with Gasteiger partial charge in [-0.1, -0.05) is 0 Å². The summed E-state index contributed by atoms with van der Waals surface area (Å²) in [5.74, 6) is -3.18. The lowest BCUT2D eigenvalue weighted by atomic mass is 9.99. The molecular weight excluding hydrogens is 782 g/mol. The van der Waals surface area contributed by atoms with E-state index in [0.717, 1.165) is 30.3 Å². The Morgan fingerprint density at radius 2 is 1.42 bits per heavy atom. The molecule has 4 N–H and O–H groups in total. The van der Waals surface area contributed by atoms with Crippen LogP contribution >= 0.6 is 0 Å². The zero-order chi connectivity index (χ0) is 40.6. The fourth-order valence-electron chi connectivity index (χ4n) is 4.76. The molecule has 0 saturated carbocycles. The number of allylic oxidation sites excluding steroid dienone is 1. The first-order chi connectivity index (χ1) is 25.6. The molecule has 1 aliphatic rings. The highest BCUT2D eigenvalue weighted by Gasteiger charge is 2.28. The van der Waals surface area contributed by atoms with E-state index in [0.29, 0.717) is 30.3 Å². The molecule has 0 bridgehead atoms. The van der Waals surface area contributed by atoms with Crippen LogP contribution in [0.3, 0.4) is 0 Å². The number of nitro benzene ring substituents is 3. The number of nitrogens with one attached hydrogen (secondary N) is 1. The van der Waals surface area contributed by atoms with Crippen molar-refractivity contribution in [2.75, 3.05) is 5.43 Å². The minimum absolute atomic E-state index is 0.117. The summed E-state index contributed by atoms with van der Waals surface area (Å²) in [6.07, 6.45) is -1.66. The molecule has 4 aromatic rings. The molecule has 25 nitrogen and oxygen atoms in total. The number of azo groups is 2. The molecule has 0 fully saturated rings. The molecule has 5 rings (SSSR count). The van der Waals surface area contributed by atoms with Crippen molar-refractivity contribution < 1.29 is 60.8 Å². The highest BCUT2D eigenvalue weighted by molar-refractivity contribution is 7.86. The highest BCUT2D eigenvalue weighted by atomic mass is 32.2. The number of non-ortho nitro benzene ring substituents is 2. The predicted octanol–water partition coefficient (Wildman–Crippen LogP) is 3.97.